The van der Waals surface area contributed by atoms with Crippen molar-refractivity contribution in [3.05, 3.63) is 30.3 Å². The molecule has 3 aliphatic rings. The maximum Gasteiger partial charge on any atom is 0.245 e. The van der Waals surface area contributed by atoms with Crippen molar-refractivity contribution in [3.8, 4) is 0 Å². The van der Waals surface area contributed by atoms with Crippen molar-refractivity contribution in [3.63, 3.8) is 0 Å². The molecule has 3 fully saturated rings. The molecule has 37 heavy (non-hydrogen) atoms. The molecule has 2 saturated heterocycles. The predicted octanol–water partition coefficient (Wildman–Crippen LogP) is 2.60. The Morgan fingerprint density at radius 3 is 2.35 bits per heavy atom. The lowest BCUT2D eigenvalue weighted by molar-refractivity contribution is -0.141. The molecular weight excluding hydrogens is 492 g/mol. The topological polar surface area (TPSA) is 116 Å². The summed E-state index contributed by atoms with van der Waals surface area (Å²) in [4.78, 5) is 42.2. The van der Waals surface area contributed by atoms with Crippen LogP contribution in [0.4, 0.5) is 5.69 Å². The van der Waals surface area contributed by atoms with Crippen molar-refractivity contribution in [1.29, 1.82) is 0 Å². The van der Waals surface area contributed by atoms with Gasteiger partial charge in [0.25, 0.3) is 0 Å². The number of hydrogen-bond acceptors (Lipinski definition) is 5. The molecule has 2 N–H and O–H groups in total. The first-order valence-electron chi connectivity index (χ1n) is 13.6. The molecular formula is C27H40N4O5S. The summed E-state index contributed by atoms with van der Waals surface area (Å²) in [6.07, 6.45) is 7.19. The van der Waals surface area contributed by atoms with E-state index in [0.29, 0.717) is 25.1 Å². The highest BCUT2D eigenvalue weighted by molar-refractivity contribution is 7.88. The van der Waals surface area contributed by atoms with Crippen molar-refractivity contribution in [1.82, 2.24) is 14.5 Å². The molecule has 5 atom stereocenters. The normalized spacial score (nSPS) is 26.4. The number of carbonyl (C=O) groups excluding carboxylic acids is 3. The fourth-order valence-corrected chi connectivity index (χ4v) is 7.33. The van der Waals surface area contributed by atoms with Gasteiger partial charge in [-0.15, -0.1) is 0 Å². The van der Waals surface area contributed by atoms with Crippen LogP contribution in [0.25, 0.3) is 0 Å². The van der Waals surface area contributed by atoms with Crippen molar-refractivity contribution >= 4 is 33.4 Å². The van der Waals surface area contributed by atoms with Crippen LogP contribution in [0.5, 0.6) is 0 Å². The van der Waals surface area contributed by atoms with Gasteiger partial charge in [0, 0.05) is 30.7 Å². The number of benzene rings is 1. The molecule has 2 aliphatic heterocycles. The first-order chi connectivity index (χ1) is 17.6. The zero-order chi connectivity index (χ0) is 26.7. The summed E-state index contributed by atoms with van der Waals surface area (Å²) in [5, 5.41) is 5.96. The van der Waals surface area contributed by atoms with Crippen LogP contribution in [0, 0.1) is 17.8 Å². The molecule has 3 amide bonds. The maximum absolute atomic E-state index is 14.1. The number of amides is 3. The minimum Gasteiger partial charge on any atom is -0.344 e. The number of nitrogens with one attached hydrogen (secondary N) is 2. The predicted molar refractivity (Wildman–Crippen MR) is 142 cm³/mol. The van der Waals surface area contributed by atoms with E-state index in [-0.39, 0.29) is 36.1 Å². The van der Waals surface area contributed by atoms with Crippen LogP contribution in [0.3, 0.4) is 0 Å². The van der Waals surface area contributed by atoms with Crippen molar-refractivity contribution in [2.45, 2.75) is 76.9 Å². The summed E-state index contributed by atoms with van der Waals surface area (Å²) in [7, 11) is -3.57. The number of sulfonamides is 1. The molecule has 0 spiro atoms. The summed E-state index contributed by atoms with van der Waals surface area (Å²) in [6.45, 7) is 4.19. The van der Waals surface area contributed by atoms with Gasteiger partial charge < -0.3 is 15.5 Å². The molecule has 0 aromatic heterocycles. The third-order valence-corrected chi connectivity index (χ3v) is 9.68. The highest BCUT2D eigenvalue weighted by atomic mass is 32.2. The minimum atomic E-state index is -3.57. The maximum atomic E-state index is 14.1. The van der Waals surface area contributed by atoms with Crippen molar-refractivity contribution in [2.75, 3.05) is 24.7 Å². The quantitative estimate of drug-likeness (QED) is 0.534. The lowest BCUT2D eigenvalue weighted by Gasteiger charge is -2.36. The first kappa shape index (κ1) is 27.6. The average Bonchev–Trinajstić information content (AvgIpc) is 3.48. The summed E-state index contributed by atoms with van der Waals surface area (Å²) >= 11 is 0. The van der Waals surface area contributed by atoms with E-state index in [2.05, 4.69) is 10.6 Å². The first-order valence-corrected chi connectivity index (χ1v) is 15.4. The zero-order valence-corrected chi connectivity index (χ0v) is 22.9. The molecule has 9 nitrogen and oxygen atoms in total. The van der Waals surface area contributed by atoms with Gasteiger partial charge >= 0.3 is 0 Å². The van der Waals surface area contributed by atoms with E-state index < -0.39 is 34.1 Å². The van der Waals surface area contributed by atoms with E-state index in [4.69, 9.17) is 0 Å². The molecule has 1 aliphatic carbocycles. The summed E-state index contributed by atoms with van der Waals surface area (Å²) in [5.41, 5.74) is 0.624. The third kappa shape index (κ3) is 6.00. The Morgan fingerprint density at radius 2 is 1.73 bits per heavy atom. The van der Waals surface area contributed by atoms with Gasteiger partial charge in [-0.3, -0.25) is 14.4 Å². The number of hydrogen-bond donors (Lipinski definition) is 2. The van der Waals surface area contributed by atoms with Crippen molar-refractivity contribution < 1.29 is 22.8 Å². The summed E-state index contributed by atoms with van der Waals surface area (Å²) < 4.78 is 26.7. The molecule has 1 aromatic rings. The van der Waals surface area contributed by atoms with Gasteiger partial charge in [-0.25, -0.2) is 8.42 Å². The Labute approximate surface area is 220 Å². The lowest BCUT2D eigenvalue weighted by Crippen LogP contribution is -2.56. The summed E-state index contributed by atoms with van der Waals surface area (Å²) in [5.74, 6) is -1.50. The van der Waals surface area contributed by atoms with Gasteiger partial charge in [0.2, 0.25) is 27.7 Å². The number of likely N-dealkylation sites (tertiary alicyclic amines) is 1. The van der Waals surface area contributed by atoms with Crippen LogP contribution in [0.15, 0.2) is 30.3 Å². The Balaban J connectivity index is 1.62. The van der Waals surface area contributed by atoms with E-state index in [0.717, 1.165) is 38.4 Å². The Hall–Kier alpha value is -2.46. The SMILES string of the molecule is CC[C@@H](C)C(=O)N[C@H](C(=O)N1CC[C@@H]2[C@H]1[C@@H](C(=O)Nc1ccccc1)CN2S(C)(=O)=O)C1CCCCC1. The molecule has 1 aromatic carbocycles. The van der Waals surface area contributed by atoms with E-state index in [1.807, 2.05) is 32.0 Å². The second-order valence-corrected chi connectivity index (χ2v) is 12.8. The van der Waals surface area contributed by atoms with Crippen LogP contribution in [0.1, 0.15) is 58.8 Å². The van der Waals surface area contributed by atoms with E-state index in [1.165, 1.54) is 4.31 Å². The molecule has 0 unspecified atom stereocenters. The number of nitrogens with zero attached hydrogens (tertiary/aromatic N) is 2. The Bertz CT molecular complexity index is 1090. The molecule has 204 valence electrons. The highest BCUT2D eigenvalue weighted by Gasteiger charge is 2.56. The second-order valence-electron chi connectivity index (χ2n) is 10.9. The minimum absolute atomic E-state index is 0.0317. The Morgan fingerprint density at radius 1 is 1.05 bits per heavy atom. The molecule has 0 radical (unpaired) electrons. The lowest BCUT2D eigenvalue weighted by atomic mass is 9.82. The van der Waals surface area contributed by atoms with E-state index in [9.17, 15) is 22.8 Å². The van der Waals surface area contributed by atoms with Gasteiger partial charge in [0.05, 0.1) is 18.2 Å². The Kier molecular flexibility index (Phi) is 8.58. The number of anilines is 1. The summed E-state index contributed by atoms with van der Waals surface area (Å²) in [6, 6.07) is 7.35. The molecule has 2 heterocycles. The zero-order valence-electron chi connectivity index (χ0n) is 22.1. The van der Waals surface area contributed by atoms with Gasteiger partial charge in [-0.1, -0.05) is 51.3 Å². The number of fused-ring (bicyclic) bond motifs is 1. The van der Waals surface area contributed by atoms with Gasteiger partial charge in [-0.2, -0.15) is 4.31 Å². The van der Waals surface area contributed by atoms with Gasteiger partial charge in [0.15, 0.2) is 0 Å². The molecule has 10 heteroatoms. The molecule has 1 saturated carbocycles. The molecule has 4 rings (SSSR count). The van der Waals surface area contributed by atoms with Crippen LogP contribution >= 0.6 is 0 Å². The smallest absolute Gasteiger partial charge is 0.245 e. The van der Waals surface area contributed by atoms with Gasteiger partial charge in [-0.05, 0) is 43.7 Å². The third-order valence-electron chi connectivity index (χ3n) is 8.41. The fourth-order valence-electron chi connectivity index (χ4n) is 6.18. The van der Waals surface area contributed by atoms with Crippen LogP contribution in [0.2, 0.25) is 0 Å². The largest absolute Gasteiger partial charge is 0.344 e. The van der Waals surface area contributed by atoms with E-state index >= 15 is 0 Å². The molecule has 0 bridgehead atoms. The monoisotopic (exact) mass is 532 g/mol. The average molecular weight is 533 g/mol. The second kappa shape index (κ2) is 11.5. The van der Waals surface area contributed by atoms with Crippen LogP contribution in [-0.2, 0) is 24.4 Å². The van der Waals surface area contributed by atoms with Gasteiger partial charge in [0.1, 0.15) is 6.04 Å². The number of rotatable bonds is 8. The highest BCUT2D eigenvalue weighted by Crippen LogP contribution is 2.39. The fraction of sp³-hybridized carbons (Fsp3) is 0.667. The standard InChI is InChI=1S/C27H40N4O5S/c1-4-18(2)25(32)29-23(19-11-7-5-8-12-19)27(34)30-16-15-22-24(30)21(17-31(22)37(3,35)36)26(33)28-20-13-9-6-10-14-20/h6,9-10,13-14,18-19,21-24H,4-5,7-8,11-12,15-17H2,1-3H3,(H,28,33)(H,29,32)/t18-,21+,22-,23+,24-/m1/s1. The number of carbonyl (C=O) groups is 3. The van der Waals surface area contributed by atoms with Crippen LogP contribution < -0.4 is 10.6 Å². The van der Waals surface area contributed by atoms with Crippen LogP contribution in [-0.4, -0.2) is 72.8 Å². The number of para-hydroxylation sites is 1. The van der Waals surface area contributed by atoms with E-state index in [1.54, 1.807) is 17.0 Å². The van der Waals surface area contributed by atoms with Crippen molar-refractivity contribution in [2.24, 2.45) is 17.8 Å².